The Bertz CT molecular complexity index is 3420. The van der Waals surface area contributed by atoms with Crippen LogP contribution in [-0.2, 0) is 32.1 Å². The molecule has 4 aromatic carbocycles. The predicted octanol–water partition coefficient (Wildman–Crippen LogP) is 7.72. The van der Waals surface area contributed by atoms with Crippen LogP contribution < -0.4 is 20.3 Å². The number of likely N-dealkylation sites (tertiary alicyclic amines) is 2. The van der Waals surface area contributed by atoms with Crippen molar-refractivity contribution in [1.29, 1.82) is 0 Å². The maximum atomic E-state index is 15.2. The molecule has 6 amide bonds. The van der Waals surface area contributed by atoms with Gasteiger partial charge in [0, 0.05) is 107 Å². The first-order valence-electron chi connectivity index (χ1n) is 32.4. The second kappa shape index (κ2) is 29.8. The second-order valence-electron chi connectivity index (χ2n) is 26.0. The van der Waals surface area contributed by atoms with E-state index < -0.39 is 29.5 Å². The molecule has 1 saturated carbocycles. The summed E-state index contributed by atoms with van der Waals surface area (Å²) >= 11 is 0. The number of piperidine rings is 2. The quantitative estimate of drug-likeness (QED) is 0.0812. The monoisotopic (exact) mass is 1240 g/mol. The molecule has 1 aromatic heterocycles. The Kier molecular flexibility index (Phi) is 21.5. The van der Waals surface area contributed by atoms with Gasteiger partial charge in [0.2, 0.25) is 17.7 Å². The number of aromatic nitrogens is 2. The number of fused-ring (bicyclic) bond motifs is 1. The topological polar surface area (TPSA) is 211 Å². The van der Waals surface area contributed by atoms with Crippen LogP contribution >= 0.6 is 0 Å². The second-order valence-corrected chi connectivity index (χ2v) is 26.0. The number of ether oxygens (including phenoxy) is 3. The van der Waals surface area contributed by atoms with E-state index in [0.29, 0.717) is 123 Å². The number of hydrogen-bond acceptors (Lipinski definition) is 13. The number of benzene rings is 4. The van der Waals surface area contributed by atoms with E-state index in [4.69, 9.17) is 14.2 Å². The third kappa shape index (κ3) is 16.5. The summed E-state index contributed by atoms with van der Waals surface area (Å²) in [7, 11) is 1.58. The maximum Gasteiger partial charge on any atom is 0.411 e. The van der Waals surface area contributed by atoms with Gasteiger partial charge < -0.3 is 39.1 Å². The van der Waals surface area contributed by atoms with Crippen molar-refractivity contribution in [3.05, 3.63) is 135 Å². The highest BCUT2D eigenvalue weighted by Gasteiger charge is 2.37. The number of carbonyl (C=O) groups excluding carboxylic acids is 6. The van der Waals surface area contributed by atoms with Crippen molar-refractivity contribution in [1.82, 2.24) is 49.8 Å². The van der Waals surface area contributed by atoms with Crippen LogP contribution in [0.3, 0.4) is 0 Å². The molecular formula is C69H89FN10O10. The fourth-order valence-electron chi connectivity index (χ4n) is 13.6. The molecule has 10 rings (SSSR count). The normalized spacial score (nSPS) is 18.7. The Morgan fingerprint density at radius 2 is 1.46 bits per heavy atom. The molecule has 0 radical (unpaired) electrons. The van der Waals surface area contributed by atoms with E-state index in [1.165, 1.54) is 11.0 Å². The van der Waals surface area contributed by atoms with Gasteiger partial charge in [0.1, 0.15) is 35.5 Å². The van der Waals surface area contributed by atoms with E-state index in [2.05, 4.69) is 25.3 Å². The number of nitrogens with zero attached hydrogens (tertiary/aromatic N) is 8. The van der Waals surface area contributed by atoms with Crippen LogP contribution in [0.25, 0.3) is 10.8 Å². The van der Waals surface area contributed by atoms with E-state index in [9.17, 15) is 33.6 Å². The summed E-state index contributed by atoms with van der Waals surface area (Å²) in [5, 5.41) is 11.2. The van der Waals surface area contributed by atoms with Crippen molar-refractivity contribution in [2.24, 2.45) is 11.8 Å². The molecule has 0 bridgehead atoms. The van der Waals surface area contributed by atoms with Crippen molar-refractivity contribution >= 4 is 46.4 Å². The fourth-order valence-corrected chi connectivity index (χ4v) is 13.6. The Morgan fingerprint density at radius 1 is 0.733 bits per heavy atom. The number of nitrogens with one attached hydrogen (secondary N) is 2. The Hall–Kier alpha value is -7.91. The number of methoxy groups -OCH3 is 1. The number of aromatic amines is 1. The Balaban J connectivity index is 0.672. The lowest BCUT2D eigenvalue weighted by Gasteiger charge is -2.41. The molecular weight excluding hydrogens is 1150 g/mol. The smallest absolute Gasteiger partial charge is 0.411 e. The molecule has 1 aliphatic carbocycles. The largest absolute Gasteiger partial charge is 0.497 e. The summed E-state index contributed by atoms with van der Waals surface area (Å²) in [5.74, 6) is 0.0975. The Labute approximate surface area is 527 Å². The number of halogens is 1. The average Bonchev–Trinajstić information content (AvgIpc) is 1.33. The number of rotatable bonds is 19. The molecule has 20 nitrogen and oxygen atoms in total. The number of carbonyl (C=O) groups is 6. The van der Waals surface area contributed by atoms with E-state index >= 15 is 4.39 Å². The highest BCUT2D eigenvalue weighted by molar-refractivity contribution is 5.98. The van der Waals surface area contributed by atoms with Crippen LogP contribution in [0.5, 0.6) is 11.5 Å². The van der Waals surface area contributed by atoms with E-state index in [1.807, 2.05) is 48.2 Å². The van der Waals surface area contributed by atoms with Crippen LogP contribution in [0.4, 0.5) is 9.18 Å². The van der Waals surface area contributed by atoms with Gasteiger partial charge in [-0.05, 0) is 145 Å². The number of H-pyrrole nitrogens is 1. The SMILES string of the molecule is CCOc1cc(OC)ccc1CN(CC(=O)N1CCCC(c2cccc(C(=O)N[C@@H](C(=O)N3CCN(CC4CCN(CC(=O)N5CCN(C(=O)c6cc(Cc7n[nH]c(=O)c8ccccc78)ccc6F)CC5)CC4)CC3)C3CCCCC3)c2)C1)C(=O)OC(C)(C)C. The molecule has 4 aliphatic heterocycles. The van der Waals surface area contributed by atoms with Crippen LogP contribution in [0, 0.1) is 17.7 Å². The molecule has 5 aliphatic rings. The summed E-state index contributed by atoms with van der Waals surface area (Å²) in [6.45, 7) is 15.3. The minimum absolute atomic E-state index is 0.0220. The van der Waals surface area contributed by atoms with Crippen LogP contribution in [0.15, 0.2) is 89.7 Å². The molecule has 90 heavy (non-hydrogen) atoms. The maximum absolute atomic E-state index is 15.2. The summed E-state index contributed by atoms with van der Waals surface area (Å²) in [5.41, 5.74) is 2.33. The molecule has 2 N–H and O–H groups in total. The van der Waals surface area contributed by atoms with E-state index in [1.54, 1.807) is 85.0 Å². The van der Waals surface area contributed by atoms with Crippen LogP contribution in [0.1, 0.15) is 135 Å². The van der Waals surface area contributed by atoms with Gasteiger partial charge in [-0.1, -0.05) is 55.7 Å². The molecule has 5 heterocycles. The van der Waals surface area contributed by atoms with Gasteiger partial charge in [0.05, 0.1) is 43.4 Å². The van der Waals surface area contributed by atoms with Gasteiger partial charge >= 0.3 is 6.09 Å². The molecule has 482 valence electrons. The van der Waals surface area contributed by atoms with Gasteiger partial charge in [-0.3, -0.25) is 43.5 Å². The first kappa shape index (κ1) is 65.1. The predicted molar refractivity (Wildman–Crippen MR) is 340 cm³/mol. The first-order valence-corrected chi connectivity index (χ1v) is 32.4. The molecule has 0 spiro atoms. The Morgan fingerprint density at radius 3 is 2.18 bits per heavy atom. The lowest BCUT2D eigenvalue weighted by molar-refractivity contribution is -0.137. The van der Waals surface area contributed by atoms with Crippen LogP contribution in [-0.4, -0.2) is 204 Å². The van der Waals surface area contributed by atoms with E-state index in [-0.39, 0.29) is 59.7 Å². The number of amides is 6. The van der Waals surface area contributed by atoms with Crippen molar-refractivity contribution < 1.29 is 47.4 Å². The summed E-state index contributed by atoms with van der Waals surface area (Å²) in [6.07, 6.45) is 8.07. The number of piperazine rings is 2. The third-order valence-corrected chi connectivity index (χ3v) is 18.6. The highest BCUT2D eigenvalue weighted by Crippen LogP contribution is 2.32. The standard InChI is InChI=1S/C69H89FN10O10/c1-6-89-60-41-54(88-5)23-22-53(60)44-80(68(87)90-69(2,3)4)46-62(82)79-27-13-18-52(43-79)50-16-12-17-51(40-50)64(83)71-63(49-14-8-7-9-15-49)67(86)78-32-30-75(31-33-78)42-47-25-28-74(29-26-47)45-61(81)76-34-36-77(37-35-76)66(85)57-38-48(21-24-58(57)70)39-59-55-19-10-11-20-56(55)65(84)73-72-59/h10-12,16-17,19-24,38,40-41,47,49,52,63H,6-9,13-15,18,25-37,39,42-46H2,1-5H3,(H,71,83)(H,73,84)/t52?,63-/m1/s1. The van der Waals surface area contributed by atoms with Crippen molar-refractivity contribution in [3.63, 3.8) is 0 Å². The fraction of sp³-hybridized carbons (Fsp3) is 0.536. The summed E-state index contributed by atoms with van der Waals surface area (Å²) in [4.78, 5) is 110. The number of hydrogen-bond donors (Lipinski definition) is 2. The average molecular weight is 1240 g/mol. The van der Waals surface area contributed by atoms with E-state index in [0.717, 1.165) is 96.1 Å². The van der Waals surface area contributed by atoms with Gasteiger partial charge in [-0.15, -0.1) is 0 Å². The zero-order valence-electron chi connectivity index (χ0n) is 53.0. The molecule has 21 heteroatoms. The van der Waals surface area contributed by atoms with Gasteiger partial charge in [0.15, 0.2) is 0 Å². The van der Waals surface area contributed by atoms with Gasteiger partial charge in [-0.2, -0.15) is 5.10 Å². The third-order valence-electron chi connectivity index (χ3n) is 18.6. The van der Waals surface area contributed by atoms with Crippen molar-refractivity contribution in [3.8, 4) is 11.5 Å². The molecule has 5 fully saturated rings. The molecule has 1 unspecified atom stereocenters. The summed E-state index contributed by atoms with van der Waals surface area (Å²) in [6, 6.07) is 24.0. The summed E-state index contributed by atoms with van der Waals surface area (Å²) < 4.78 is 32.3. The molecule has 2 atom stereocenters. The van der Waals surface area contributed by atoms with Gasteiger partial charge in [0.25, 0.3) is 17.4 Å². The minimum Gasteiger partial charge on any atom is -0.497 e. The lowest BCUT2D eigenvalue weighted by atomic mass is 9.83. The lowest BCUT2D eigenvalue weighted by Crippen LogP contribution is -2.57. The zero-order chi connectivity index (χ0) is 63.5. The zero-order valence-corrected chi connectivity index (χ0v) is 53.0. The highest BCUT2D eigenvalue weighted by atomic mass is 19.1. The van der Waals surface area contributed by atoms with Crippen LogP contribution in [0.2, 0.25) is 0 Å². The van der Waals surface area contributed by atoms with Gasteiger partial charge in [-0.25, -0.2) is 14.3 Å². The van der Waals surface area contributed by atoms with Crippen molar-refractivity contribution in [2.45, 2.75) is 116 Å². The minimum atomic E-state index is -0.783. The molecule has 4 saturated heterocycles. The van der Waals surface area contributed by atoms with Crippen molar-refractivity contribution in [2.75, 3.05) is 112 Å². The molecule has 5 aromatic rings. The first-order chi connectivity index (χ1) is 43.4.